The van der Waals surface area contributed by atoms with E-state index in [1.54, 1.807) is 12.1 Å². The van der Waals surface area contributed by atoms with E-state index >= 15 is 0 Å². The molecule has 3 aromatic rings. The Morgan fingerprint density at radius 2 is 1.56 bits per heavy atom. The Balaban J connectivity index is 1.73. The van der Waals surface area contributed by atoms with Crippen LogP contribution in [0.25, 0.3) is 0 Å². The number of nitrogens with zero attached hydrogens (tertiary/aromatic N) is 3. The van der Waals surface area contributed by atoms with Crippen molar-refractivity contribution in [2.75, 3.05) is 10.6 Å². The topological polar surface area (TPSA) is 82.9 Å². The van der Waals surface area contributed by atoms with Crippen molar-refractivity contribution >= 4 is 23.1 Å². The van der Waals surface area contributed by atoms with Crippen molar-refractivity contribution in [3.05, 3.63) is 65.9 Å². The maximum absolute atomic E-state index is 8.88. The monoisotopic (exact) mass is 359 g/mol. The first-order chi connectivity index (χ1) is 13.0. The van der Waals surface area contributed by atoms with Crippen molar-refractivity contribution in [1.82, 2.24) is 9.97 Å². The van der Waals surface area contributed by atoms with E-state index in [-0.39, 0.29) is 6.10 Å². The molecule has 6 heteroatoms. The summed E-state index contributed by atoms with van der Waals surface area (Å²) in [5.41, 5.74) is 3.18. The summed E-state index contributed by atoms with van der Waals surface area (Å²) in [7, 11) is 0. The largest absolute Gasteiger partial charge is 0.491 e. The maximum atomic E-state index is 8.88. The minimum Gasteiger partial charge on any atom is -0.491 e. The molecule has 0 aliphatic heterocycles. The van der Waals surface area contributed by atoms with Crippen LogP contribution in [0.4, 0.5) is 23.1 Å². The fourth-order valence-electron chi connectivity index (χ4n) is 2.48. The highest BCUT2D eigenvalue weighted by molar-refractivity contribution is 5.61. The molecule has 0 saturated heterocycles. The summed E-state index contributed by atoms with van der Waals surface area (Å²) in [6, 6.07) is 18.9. The molecule has 0 spiro atoms. The highest BCUT2D eigenvalue weighted by Gasteiger charge is 2.05. The molecule has 6 nitrogen and oxygen atoms in total. The van der Waals surface area contributed by atoms with Crippen molar-refractivity contribution in [3.63, 3.8) is 0 Å². The third-order valence-corrected chi connectivity index (χ3v) is 3.62. The molecule has 136 valence electrons. The van der Waals surface area contributed by atoms with Gasteiger partial charge in [-0.05, 0) is 69.3 Å². The number of nitrogens with one attached hydrogen (secondary N) is 2. The fourth-order valence-corrected chi connectivity index (χ4v) is 2.48. The number of anilines is 4. The predicted molar refractivity (Wildman–Crippen MR) is 107 cm³/mol. The molecule has 0 unspecified atom stereocenters. The summed E-state index contributed by atoms with van der Waals surface area (Å²) < 4.78 is 5.65. The van der Waals surface area contributed by atoms with Crippen LogP contribution in [-0.2, 0) is 0 Å². The molecule has 27 heavy (non-hydrogen) atoms. The van der Waals surface area contributed by atoms with E-state index in [1.165, 1.54) is 0 Å². The number of hydrogen-bond donors (Lipinski definition) is 2. The van der Waals surface area contributed by atoms with Gasteiger partial charge in [0.15, 0.2) is 0 Å². The molecule has 1 heterocycles. The molecule has 2 aromatic carbocycles. The third-order valence-electron chi connectivity index (χ3n) is 3.62. The highest BCUT2D eigenvalue weighted by atomic mass is 16.5. The van der Waals surface area contributed by atoms with Crippen LogP contribution < -0.4 is 15.4 Å². The number of aryl methyl sites for hydroxylation is 1. The quantitative estimate of drug-likeness (QED) is 0.649. The van der Waals surface area contributed by atoms with E-state index in [0.29, 0.717) is 17.3 Å². The van der Waals surface area contributed by atoms with Gasteiger partial charge >= 0.3 is 0 Å². The number of nitriles is 1. The normalized spacial score (nSPS) is 10.3. The lowest BCUT2D eigenvalue weighted by Crippen LogP contribution is -2.05. The standard InChI is InChI=1S/C21H21N5O/c1-14(2)27-19-10-8-18(9-11-19)25-21-23-15(3)12-20(26-21)24-17-6-4-16(13-22)5-7-17/h4-12,14H,1-3H3,(H2,23,24,25,26). The molecule has 0 amide bonds. The Labute approximate surface area is 158 Å². The second-order valence-corrected chi connectivity index (χ2v) is 6.35. The van der Waals surface area contributed by atoms with Crippen LogP contribution in [0.15, 0.2) is 54.6 Å². The number of ether oxygens (including phenoxy) is 1. The first kappa shape index (κ1) is 18.2. The summed E-state index contributed by atoms with van der Waals surface area (Å²) >= 11 is 0. The molecule has 3 rings (SSSR count). The highest BCUT2D eigenvalue weighted by Crippen LogP contribution is 2.21. The van der Waals surface area contributed by atoms with Crippen LogP contribution in [0.2, 0.25) is 0 Å². The minimum absolute atomic E-state index is 0.139. The summed E-state index contributed by atoms with van der Waals surface area (Å²) in [6.45, 7) is 5.90. The zero-order valence-corrected chi connectivity index (χ0v) is 15.5. The van der Waals surface area contributed by atoms with Gasteiger partial charge in [0.25, 0.3) is 0 Å². The Morgan fingerprint density at radius 3 is 2.19 bits per heavy atom. The summed E-state index contributed by atoms with van der Waals surface area (Å²) in [5, 5.41) is 15.3. The smallest absolute Gasteiger partial charge is 0.229 e. The third kappa shape index (κ3) is 5.19. The lowest BCUT2D eigenvalue weighted by atomic mass is 10.2. The van der Waals surface area contributed by atoms with Gasteiger partial charge in [-0.2, -0.15) is 10.2 Å². The van der Waals surface area contributed by atoms with Crippen LogP contribution in [0.3, 0.4) is 0 Å². The number of benzene rings is 2. The van der Waals surface area contributed by atoms with Gasteiger partial charge in [0.05, 0.1) is 17.7 Å². The molecule has 0 atom stereocenters. The van der Waals surface area contributed by atoms with Crippen LogP contribution >= 0.6 is 0 Å². The van der Waals surface area contributed by atoms with Crippen LogP contribution in [0, 0.1) is 18.3 Å². The number of aromatic nitrogens is 2. The lowest BCUT2D eigenvalue weighted by molar-refractivity contribution is 0.242. The molecule has 0 aliphatic rings. The molecular formula is C21H21N5O. The van der Waals surface area contributed by atoms with Gasteiger partial charge in [-0.15, -0.1) is 0 Å². The van der Waals surface area contributed by atoms with Crippen molar-refractivity contribution in [1.29, 1.82) is 5.26 Å². The molecule has 0 bridgehead atoms. The van der Waals surface area contributed by atoms with Crippen molar-refractivity contribution < 1.29 is 4.74 Å². The van der Waals surface area contributed by atoms with Crippen LogP contribution in [0.1, 0.15) is 25.1 Å². The molecule has 0 saturated carbocycles. The second kappa shape index (κ2) is 8.19. The molecule has 1 aromatic heterocycles. The average Bonchev–Trinajstić information content (AvgIpc) is 2.63. The van der Waals surface area contributed by atoms with Gasteiger partial charge in [-0.25, -0.2) is 4.98 Å². The van der Waals surface area contributed by atoms with E-state index in [0.717, 1.165) is 22.8 Å². The Morgan fingerprint density at radius 1 is 0.926 bits per heavy atom. The molecule has 0 radical (unpaired) electrons. The predicted octanol–water partition coefficient (Wildman–Crippen LogP) is 4.93. The van der Waals surface area contributed by atoms with E-state index in [2.05, 4.69) is 26.7 Å². The minimum atomic E-state index is 0.139. The Bertz CT molecular complexity index is 944. The fraction of sp³-hybridized carbons (Fsp3) is 0.190. The van der Waals surface area contributed by atoms with E-state index < -0.39 is 0 Å². The van der Waals surface area contributed by atoms with E-state index in [4.69, 9.17) is 10.00 Å². The van der Waals surface area contributed by atoms with Gasteiger partial charge in [0.1, 0.15) is 11.6 Å². The Hall–Kier alpha value is -3.59. The van der Waals surface area contributed by atoms with Gasteiger partial charge in [0.2, 0.25) is 5.95 Å². The molecule has 0 fully saturated rings. The zero-order chi connectivity index (χ0) is 19.2. The number of rotatable bonds is 6. The summed E-state index contributed by atoms with van der Waals surface area (Å²) in [4.78, 5) is 8.94. The maximum Gasteiger partial charge on any atom is 0.229 e. The summed E-state index contributed by atoms with van der Waals surface area (Å²) in [5.74, 6) is 2.00. The van der Waals surface area contributed by atoms with Gasteiger partial charge < -0.3 is 15.4 Å². The first-order valence-corrected chi connectivity index (χ1v) is 8.68. The van der Waals surface area contributed by atoms with Gasteiger partial charge in [-0.3, -0.25) is 0 Å². The SMILES string of the molecule is Cc1cc(Nc2ccc(C#N)cc2)nc(Nc2ccc(OC(C)C)cc2)n1. The molecular weight excluding hydrogens is 338 g/mol. The number of hydrogen-bond acceptors (Lipinski definition) is 6. The Kier molecular flexibility index (Phi) is 5.53. The van der Waals surface area contributed by atoms with Crippen molar-refractivity contribution in [2.24, 2.45) is 0 Å². The van der Waals surface area contributed by atoms with Crippen molar-refractivity contribution in [2.45, 2.75) is 26.9 Å². The lowest BCUT2D eigenvalue weighted by Gasteiger charge is -2.12. The molecule has 0 aliphatic carbocycles. The van der Waals surface area contributed by atoms with Gasteiger partial charge in [0, 0.05) is 23.1 Å². The van der Waals surface area contributed by atoms with E-state index in [9.17, 15) is 0 Å². The van der Waals surface area contributed by atoms with Crippen LogP contribution in [-0.4, -0.2) is 16.1 Å². The average molecular weight is 359 g/mol. The van der Waals surface area contributed by atoms with E-state index in [1.807, 2.05) is 63.2 Å². The van der Waals surface area contributed by atoms with Crippen LogP contribution in [0.5, 0.6) is 5.75 Å². The zero-order valence-electron chi connectivity index (χ0n) is 15.5. The molecule has 2 N–H and O–H groups in total. The summed E-state index contributed by atoms with van der Waals surface area (Å²) in [6.07, 6.45) is 0.139. The van der Waals surface area contributed by atoms with Crippen molar-refractivity contribution in [3.8, 4) is 11.8 Å². The second-order valence-electron chi connectivity index (χ2n) is 6.35. The first-order valence-electron chi connectivity index (χ1n) is 8.68. The van der Waals surface area contributed by atoms with Gasteiger partial charge in [-0.1, -0.05) is 0 Å².